The molecule has 0 bridgehead atoms. The van der Waals surface area contributed by atoms with Crippen molar-refractivity contribution in [2.24, 2.45) is 0 Å². The number of aromatic nitrogens is 5. The number of rotatable bonds is 6. The van der Waals surface area contributed by atoms with E-state index in [0.717, 1.165) is 12.2 Å². The molecule has 1 atom stereocenters. The molecule has 120 valence electrons. The highest BCUT2D eigenvalue weighted by atomic mass is 32.2. The molecule has 1 unspecified atom stereocenters. The number of thioether (sulfide) groups is 2. The van der Waals surface area contributed by atoms with E-state index in [1.165, 1.54) is 4.90 Å². The second kappa shape index (κ2) is 7.18. The largest absolute Gasteiger partial charge is 0.288 e. The summed E-state index contributed by atoms with van der Waals surface area (Å²) in [6.07, 6.45) is 1.04. The summed E-state index contributed by atoms with van der Waals surface area (Å²) in [4.78, 5) is 15.5. The van der Waals surface area contributed by atoms with Crippen molar-refractivity contribution in [3.05, 3.63) is 46.4 Å². The number of H-pyrrole nitrogens is 1. The van der Waals surface area contributed by atoms with Crippen molar-refractivity contribution in [1.82, 2.24) is 24.8 Å². The van der Waals surface area contributed by atoms with Crippen LogP contribution in [-0.2, 0) is 0 Å². The number of hydrogen-bond donors (Lipinski definition) is 1. The Morgan fingerprint density at radius 2 is 2.04 bits per heavy atom. The van der Waals surface area contributed by atoms with Crippen LogP contribution in [0.1, 0.15) is 19.0 Å². The van der Waals surface area contributed by atoms with E-state index in [4.69, 9.17) is 0 Å². The van der Waals surface area contributed by atoms with Gasteiger partial charge >= 0.3 is 0 Å². The minimum absolute atomic E-state index is 0.228. The molecule has 0 fully saturated rings. The molecule has 3 aromatic rings. The smallest absolute Gasteiger partial charge is 0.273 e. The molecule has 2 heterocycles. The zero-order valence-corrected chi connectivity index (χ0v) is 14.5. The first-order chi connectivity index (χ1) is 11.1. The van der Waals surface area contributed by atoms with Crippen LogP contribution in [0.15, 0.2) is 45.2 Å². The Morgan fingerprint density at radius 1 is 1.26 bits per heavy atom. The molecule has 2 aromatic heterocycles. The van der Waals surface area contributed by atoms with Crippen LogP contribution < -0.4 is 5.56 Å². The van der Waals surface area contributed by atoms with Gasteiger partial charge in [-0.25, -0.2) is 0 Å². The molecule has 0 saturated heterocycles. The summed E-state index contributed by atoms with van der Waals surface area (Å²) in [7, 11) is 0. The first-order valence-corrected chi connectivity index (χ1v) is 9.17. The highest BCUT2D eigenvalue weighted by Gasteiger charge is 2.13. The van der Waals surface area contributed by atoms with Crippen LogP contribution in [0.2, 0.25) is 0 Å². The lowest BCUT2D eigenvalue weighted by Crippen LogP contribution is -2.15. The normalized spacial score (nSPS) is 12.6. The van der Waals surface area contributed by atoms with Crippen LogP contribution in [0.25, 0.3) is 5.78 Å². The standard InChI is InChI=1S/C15H17N5OS2/c1-10(8-9-22-12-6-4-3-5-7-12)23-15-18-17-14-16-13(21)11(2)19-20(14)15/h3-7,10H,8-9H2,1-2H3,(H,16,17,21). The summed E-state index contributed by atoms with van der Waals surface area (Å²) >= 11 is 3.47. The number of hydrogen-bond acceptors (Lipinski definition) is 6. The quantitative estimate of drug-likeness (QED) is 0.691. The highest BCUT2D eigenvalue weighted by molar-refractivity contribution is 8.00. The van der Waals surface area contributed by atoms with Crippen molar-refractivity contribution in [2.75, 3.05) is 5.75 Å². The van der Waals surface area contributed by atoms with Crippen molar-refractivity contribution in [2.45, 2.75) is 35.6 Å². The van der Waals surface area contributed by atoms with Crippen LogP contribution in [-0.4, -0.2) is 35.8 Å². The predicted octanol–water partition coefficient (Wildman–Crippen LogP) is 2.78. The number of fused-ring (bicyclic) bond motifs is 1. The molecule has 1 N–H and O–H groups in total. The molecule has 3 rings (SSSR count). The summed E-state index contributed by atoms with van der Waals surface area (Å²) < 4.78 is 1.60. The summed E-state index contributed by atoms with van der Waals surface area (Å²) in [5.41, 5.74) is 0.181. The van der Waals surface area contributed by atoms with E-state index < -0.39 is 0 Å². The van der Waals surface area contributed by atoms with Crippen LogP contribution in [0.3, 0.4) is 0 Å². The van der Waals surface area contributed by atoms with Gasteiger partial charge in [0.25, 0.3) is 11.3 Å². The summed E-state index contributed by atoms with van der Waals surface area (Å²) in [5, 5.41) is 13.4. The zero-order chi connectivity index (χ0) is 16.2. The summed E-state index contributed by atoms with van der Waals surface area (Å²) in [6, 6.07) is 10.4. The fourth-order valence-electron chi connectivity index (χ4n) is 1.99. The first kappa shape index (κ1) is 16.1. The molecule has 0 aliphatic rings. The molecular weight excluding hydrogens is 330 g/mol. The maximum absolute atomic E-state index is 11.5. The van der Waals surface area contributed by atoms with Gasteiger partial charge in [-0.3, -0.25) is 9.78 Å². The van der Waals surface area contributed by atoms with Crippen LogP contribution in [0.5, 0.6) is 0 Å². The summed E-state index contributed by atoms with van der Waals surface area (Å²) in [5.74, 6) is 1.42. The Labute approximate surface area is 142 Å². The number of aromatic amines is 1. The van der Waals surface area contributed by atoms with E-state index in [-0.39, 0.29) is 5.56 Å². The molecule has 8 heteroatoms. The lowest BCUT2D eigenvalue weighted by atomic mass is 10.4. The van der Waals surface area contributed by atoms with E-state index in [1.54, 1.807) is 23.2 Å². The van der Waals surface area contributed by atoms with Gasteiger partial charge in [0.2, 0.25) is 5.16 Å². The van der Waals surface area contributed by atoms with Crippen LogP contribution >= 0.6 is 23.5 Å². The molecule has 6 nitrogen and oxygen atoms in total. The van der Waals surface area contributed by atoms with Gasteiger partial charge in [0.05, 0.1) is 0 Å². The van der Waals surface area contributed by atoms with Gasteiger partial charge in [-0.15, -0.1) is 22.0 Å². The van der Waals surface area contributed by atoms with Crippen molar-refractivity contribution in [3.63, 3.8) is 0 Å². The van der Waals surface area contributed by atoms with E-state index in [9.17, 15) is 4.79 Å². The van der Waals surface area contributed by atoms with Crippen molar-refractivity contribution in [3.8, 4) is 0 Å². The third-order valence-electron chi connectivity index (χ3n) is 3.26. The molecule has 23 heavy (non-hydrogen) atoms. The van der Waals surface area contributed by atoms with Gasteiger partial charge in [-0.1, -0.05) is 36.9 Å². The Morgan fingerprint density at radius 3 is 2.83 bits per heavy atom. The van der Waals surface area contributed by atoms with Crippen molar-refractivity contribution < 1.29 is 0 Å². The van der Waals surface area contributed by atoms with Gasteiger partial charge in [-0.05, 0) is 31.2 Å². The number of nitrogens with one attached hydrogen (secondary N) is 1. The van der Waals surface area contributed by atoms with E-state index in [2.05, 4.69) is 51.5 Å². The average molecular weight is 347 g/mol. The van der Waals surface area contributed by atoms with Gasteiger partial charge in [0.15, 0.2) is 0 Å². The number of aryl methyl sites for hydroxylation is 1. The third-order valence-corrected chi connectivity index (χ3v) is 5.41. The lowest BCUT2D eigenvalue weighted by molar-refractivity contribution is 0.764. The molecule has 0 saturated carbocycles. The molecule has 0 spiro atoms. The van der Waals surface area contributed by atoms with E-state index in [1.807, 2.05) is 17.8 Å². The lowest BCUT2D eigenvalue weighted by Gasteiger charge is -2.09. The second-order valence-electron chi connectivity index (χ2n) is 5.14. The third kappa shape index (κ3) is 3.94. The molecule has 0 aliphatic heterocycles. The fourth-order valence-corrected chi connectivity index (χ4v) is 4.11. The topological polar surface area (TPSA) is 75.9 Å². The zero-order valence-electron chi connectivity index (χ0n) is 12.9. The predicted molar refractivity (Wildman–Crippen MR) is 93.2 cm³/mol. The average Bonchev–Trinajstić information content (AvgIpc) is 2.91. The van der Waals surface area contributed by atoms with Gasteiger partial charge in [0.1, 0.15) is 5.69 Å². The van der Waals surface area contributed by atoms with Crippen molar-refractivity contribution in [1.29, 1.82) is 0 Å². The maximum Gasteiger partial charge on any atom is 0.273 e. The Hall–Kier alpha value is -1.80. The molecule has 1 aromatic carbocycles. The number of benzene rings is 1. The molecular formula is C15H17N5OS2. The Kier molecular flexibility index (Phi) is 5.02. The van der Waals surface area contributed by atoms with Gasteiger partial charge < -0.3 is 0 Å². The Bertz CT molecular complexity index is 846. The van der Waals surface area contributed by atoms with E-state index >= 15 is 0 Å². The first-order valence-electron chi connectivity index (χ1n) is 7.30. The minimum Gasteiger partial charge on any atom is -0.288 e. The molecule has 0 aliphatic carbocycles. The highest BCUT2D eigenvalue weighted by Crippen LogP contribution is 2.26. The SMILES string of the molecule is Cc1nn2c(SC(C)CCSc3ccccc3)nnc2[nH]c1=O. The Balaban J connectivity index is 1.60. The van der Waals surface area contributed by atoms with Gasteiger partial charge in [0, 0.05) is 10.1 Å². The fraction of sp³-hybridized carbons (Fsp3) is 0.333. The minimum atomic E-state index is -0.228. The van der Waals surface area contributed by atoms with Crippen LogP contribution in [0, 0.1) is 6.92 Å². The van der Waals surface area contributed by atoms with Gasteiger partial charge in [-0.2, -0.15) is 9.61 Å². The van der Waals surface area contributed by atoms with E-state index in [0.29, 0.717) is 21.9 Å². The monoisotopic (exact) mass is 347 g/mol. The van der Waals surface area contributed by atoms with Crippen molar-refractivity contribution >= 4 is 29.3 Å². The number of nitrogens with zero attached hydrogens (tertiary/aromatic N) is 4. The molecule has 0 radical (unpaired) electrons. The maximum atomic E-state index is 11.5. The molecule has 0 amide bonds. The van der Waals surface area contributed by atoms with Crippen LogP contribution in [0.4, 0.5) is 0 Å². The second-order valence-corrected chi connectivity index (χ2v) is 7.71. The summed E-state index contributed by atoms with van der Waals surface area (Å²) in [6.45, 7) is 3.84.